The molecule has 0 amide bonds. The molecule has 0 aliphatic carbocycles. The molecule has 0 saturated carbocycles. The van der Waals surface area contributed by atoms with Gasteiger partial charge < -0.3 is 15.0 Å². The summed E-state index contributed by atoms with van der Waals surface area (Å²) in [6.07, 6.45) is 0. The van der Waals surface area contributed by atoms with Gasteiger partial charge in [0.25, 0.3) is 0 Å². The number of rotatable bonds is 7. The summed E-state index contributed by atoms with van der Waals surface area (Å²) in [4.78, 5) is 2.13. The number of hydrogen-bond acceptors (Lipinski definition) is 3. The van der Waals surface area contributed by atoms with Gasteiger partial charge in [0.05, 0.1) is 6.61 Å². The highest BCUT2D eigenvalue weighted by Crippen LogP contribution is 2.28. The smallest absolute Gasteiger partial charge is 0.130 e. The number of anilines is 1. The van der Waals surface area contributed by atoms with E-state index in [0.717, 1.165) is 24.3 Å². The van der Waals surface area contributed by atoms with Crippen LogP contribution >= 0.6 is 0 Å². The van der Waals surface area contributed by atoms with E-state index in [1.165, 1.54) is 6.07 Å². The van der Waals surface area contributed by atoms with Crippen LogP contribution in [0.25, 0.3) is 0 Å². The molecule has 18 heavy (non-hydrogen) atoms. The predicted molar refractivity (Wildman–Crippen MR) is 73.6 cm³/mol. The van der Waals surface area contributed by atoms with Crippen LogP contribution in [0.4, 0.5) is 10.1 Å². The first kappa shape index (κ1) is 14.9. The molecule has 4 heteroatoms. The van der Waals surface area contributed by atoms with Gasteiger partial charge in [0.15, 0.2) is 0 Å². The number of benzene rings is 1. The molecule has 0 spiro atoms. The van der Waals surface area contributed by atoms with E-state index < -0.39 is 0 Å². The molecule has 1 unspecified atom stereocenters. The van der Waals surface area contributed by atoms with E-state index in [9.17, 15) is 4.39 Å². The summed E-state index contributed by atoms with van der Waals surface area (Å²) in [5, 5.41) is 3.10. The van der Waals surface area contributed by atoms with Crippen molar-refractivity contribution >= 4 is 5.69 Å². The molecule has 0 radical (unpaired) electrons. The Morgan fingerprint density at radius 2 is 2.17 bits per heavy atom. The lowest BCUT2D eigenvalue weighted by molar-refractivity contribution is 0.205. The number of nitrogens with one attached hydrogen (secondary N) is 1. The lowest BCUT2D eigenvalue weighted by Gasteiger charge is -2.27. The summed E-state index contributed by atoms with van der Waals surface area (Å²) < 4.78 is 19.1. The Kier molecular flexibility index (Phi) is 6.09. The molecule has 0 aromatic heterocycles. The predicted octanol–water partition coefficient (Wildman–Crippen LogP) is 2.58. The molecule has 1 N–H and O–H groups in total. The van der Waals surface area contributed by atoms with E-state index in [1.807, 2.05) is 20.0 Å². The zero-order valence-corrected chi connectivity index (χ0v) is 11.7. The molecule has 1 rings (SSSR count). The molecular formula is C14H23FN2O. The second-order valence-electron chi connectivity index (χ2n) is 4.26. The van der Waals surface area contributed by atoms with Crippen LogP contribution in [0.2, 0.25) is 0 Å². The van der Waals surface area contributed by atoms with Crippen LogP contribution < -0.4 is 10.2 Å². The molecule has 1 atom stereocenters. The van der Waals surface area contributed by atoms with E-state index >= 15 is 0 Å². The Hall–Kier alpha value is -1.13. The number of likely N-dealkylation sites (N-methyl/N-ethyl adjacent to an activating group) is 1. The summed E-state index contributed by atoms with van der Waals surface area (Å²) in [5.74, 6) is -0.162. The first-order valence-electron chi connectivity index (χ1n) is 6.35. The Morgan fingerprint density at radius 1 is 1.44 bits per heavy atom. The summed E-state index contributed by atoms with van der Waals surface area (Å²) in [6.45, 7) is 6.26. The first-order valence-corrected chi connectivity index (χ1v) is 6.35. The SMILES string of the molecule is CCN(CCOC)c1cccc(F)c1C(C)NC. The van der Waals surface area contributed by atoms with Gasteiger partial charge in [0.1, 0.15) is 5.82 Å². The Labute approximate surface area is 109 Å². The van der Waals surface area contributed by atoms with E-state index in [2.05, 4.69) is 17.1 Å². The molecule has 0 aliphatic rings. The van der Waals surface area contributed by atoms with E-state index in [1.54, 1.807) is 13.2 Å². The van der Waals surface area contributed by atoms with Crippen LogP contribution in [-0.2, 0) is 4.74 Å². The minimum Gasteiger partial charge on any atom is -0.383 e. The minimum atomic E-state index is -0.162. The number of hydrogen-bond donors (Lipinski definition) is 1. The fraction of sp³-hybridized carbons (Fsp3) is 0.571. The number of nitrogens with zero attached hydrogens (tertiary/aromatic N) is 1. The van der Waals surface area contributed by atoms with Crippen molar-refractivity contribution in [3.8, 4) is 0 Å². The molecule has 1 aromatic rings. The van der Waals surface area contributed by atoms with Crippen molar-refractivity contribution in [3.05, 3.63) is 29.6 Å². The third kappa shape index (κ3) is 3.43. The van der Waals surface area contributed by atoms with Gasteiger partial charge in [0, 0.05) is 37.5 Å². The molecule has 0 saturated heterocycles. The van der Waals surface area contributed by atoms with Gasteiger partial charge in [-0.05, 0) is 33.0 Å². The van der Waals surface area contributed by atoms with Crippen molar-refractivity contribution in [2.45, 2.75) is 19.9 Å². The van der Waals surface area contributed by atoms with Gasteiger partial charge >= 0.3 is 0 Å². The van der Waals surface area contributed by atoms with Crippen molar-refractivity contribution in [2.75, 3.05) is 38.8 Å². The second-order valence-corrected chi connectivity index (χ2v) is 4.26. The maximum Gasteiger partial charge on any atom is 0.130 e. The lowest BCUT2D eigenvalue weighted by atomic mass is 10.0. The van der Waals surface area contributed by atoms with Crippen molar-refractivity contribution in [3.63, 3.8) is 0 Å². The quantitative estimate of drug-likeness (QED) is 0.809. The zero-order valence-electron chi connectivity index (χ0n) is 11.7. The maximum atomic E-state index is 14.0. The molecule has 0 heterocycles. The topological polar surface area (TPSA) is 24.5 Å². The van der Waals surface area contributed by atoms with E-state index in [-0.39, 0.29) is 11.9 Å². The highest BCUT2D eigenvalue weighted by atomic mass is 19.1. The molecule has 1 aromatic carbocycles. The van der Waals surface area contributed by atoms with Crippen molar-refractivity contribution in [1.82, 2.24) is 5.32 Å². The summed E-state index contributed by atoms with van der Waals surface area (Å²) in [5.41, 5.74) is 1.66. The van der Waals surface area contributed by atoms with Crippen LogP contribution in [-0.4, -0.2) is 33.9 Å². The van der Waals surface area contributed by atoms with E-state index in [0.29, 0.717) is 6.61 Å². The van der Waals surface area contributed by atoms with Crippen molar-refractivity contribution in [1.29, 1.82) is 0 Å². The van der Waals surface area contributed by atoms with Gasteiger partial charge in [-0.25, -0.2) is 4.39 Å². The van der Waals surface area contributed by atoms with Gasteiger partial charge in [-0.2, -0.15) is 0 Å². The zero-order chi connectivity index (χ0) is 13.5. The van der Waals surface area contributed by atoms with Crippen LogP contribution in [0.1, 0.15) is 25.5 Å². The third-order valence-electron chi connectivity index (χ3n) is 3.18. The van der Waals surface area contributed by atoms with Gasteiger partial charge in [0.2, 0.25) is 0 Å². The molecule has 0 aliphatic heterocycles. The lowest BCUT2D eigenvalue weighted by Crippen LogP contribution is -2.29. The Balaban J connectivity index is 3.08. The fourth-order valence-electron chi connectivity index (χ4n) is 2.02. The maximum absolute atomic E-state index is 14.0. The van der Waals surface area contributed by atoms with Gasteiger partial charge in [-0.1, -0.05) is 6.07 Å². The highest BCUT2D eigenvalue weighted by Gasteiger charge is 2.17. The van der Waals surface area contributed by atoms with Crippen LogP contribution in [0, 0.1) is 5.82 Å². The molecule has 3 nitrogen and oxygen atoms in total. The molecular weight excluding hydrogens is 231 g/mol. The fourth-order valence-corrected chi connectivity index (χ4v) is 2.02. The highest BCUT2D eigenvalue weighted by molar-refractivity contribution is 5.55. The molecule has 0 bridgehead atoms. The monoisotopic (exact) mass is 254 g/mol. The Bertz CT molecular complexity index is 371. The summed E-state index contributed by atoms with van der Waals surface area (Å²) in [7, 11) is 3.52. The van der Waals surface area contributed by atoms with Crippen LogP contribution in [0.5, 0.6) is 0 Å². The number of halogens is 1. The molecule has 102 valence electrons. The number of ether oxygens (including phenoxy) is 1. The van der Waals surface area contributed by atoms with Gasteiger partial charge in [-0.15, -0.1) is 0 Å². The first-order chi connectivity index (χ1) is 8.65. The van der Waals surface area contributed by atoms with Crippen molar-refractivity contribution in [2.24, 2.45) is 0 Å². The largest absolute Gasteiger partial charge is 0.383 e. The Morgan fingerprint density at radius 3 is 2.72 bits per heavy atom. The third-order valence-corrected chi connectivity index (χ3v) is 3.18. The van der Waals surface area contributed by atoms with Gasteiger partial charge in [-0.3, -0.25) is 0 Å². The van der Waals surface area contributed by atoms with Crippen LogP contribution in [0.15, 0.2) is 18.2 Å². The summed E-state index contributed by atoms with van der Waals surface area (Å²) in [6, 6.07) is 5.21. The van der Waals surface area contributed by atoms with Crippen molar-refractivity contribution < 1.29 is 9.13 Å². The second kappa shape index (κ2) is 7.34. The molecule has 0 fully saturated rings. The normalized spacial score (nSPS) is 12.5. The average molecular weight is 254 g/mol. The van der Waals surface area contributed by atoms with Crippen LogP contribution in [0.3, 0.4) is 0 Å². The summed E-state index contributed by atoms with van der Waals surface area (Å²) >= 11 is 0. The minimum absolute atomic E-state index is 0.0159. The standard InChI is InChI=1S/C14H23FN2O/c1-5-17(9-10-18-4)13-8-6-7-12(15)14(13)11(2)16-3/h6-8,11,16H,5,9-10H2,1-4H3. The average Bonchev–Trinajstić information content (AvgIpc) is 2.39. The van der Waals surface area contributed by atoms with E-state index in [4.69, 9.17) is 4.74 Å². The number of methoxy groups -OCH3 is 1.